The Morgan fingerprint density at radius 2 is 2.28 bits per heavy atom. The van der Waals surface area contributed by atoms with Crippen molar-refractivity contribution >= 4 is 0 Å². The molecule has 2 aromatic rings. The lowest BCUT2D eigenvalue weighted by molar-refractivity contribution is 0.532. The van der Waals surface area contributed by atoms with E-state index in [0.29, 0.717) is 5.56 Å². The lowest BCUT2D eigenvalue weighted by atomic mass is 10.0. The van der Waals surface area contributed by atoms with Crippen LogP contribution in [-0.2, 0) is 6.42 Å². The number of imidazole rings is 1. The molecule has 1 atom stereocenters. The minimum absolute atomic E-state index is 0.0799. The van der Waals surface area contributed by atoms with Crippen LogP contribution < -0.4 is 5.32 Å². The van der Waals surface area contributed by atoms with Crippen molar-refractivity contribution in [2.24, 2.45) is 0 Å². The number of H-pyrrole nitrogens is 1. The van der Waals surface area contributed by atoms with Crippen molar-refractivity contribution in [3.63, 3.8) is 0 Å². The van der Waals surface area contributed by atoms with Crippen LogP contribution in [0.1, 0.15) is 29.9 Å². The van der Waals surface area contributed by atoms with E-state index >= 15 is 0 Å². The number of hydrogen-bond acceptors (Lipinski definition) is 2. The van der Waals surface area contributed by atoms with Crippen molar-refractivity contribution in [3.8, 4) is 0 Å². The summed E-state index contributed by atoms with van der Waals surface area (Å²) in [6, 6.07) is 5.47. The molecular weight excluding hydrogens is 229 g/mol. The van der Waals surface area contributed by atoms with Gasteiger partial charge in [-0.1, -0.05) is 19.1 Å². The first-order valence-corrected chi connectivity index (χ1v) is 6.18. The molecule has 18 heavy (non-hydrogen) atoms. The lowest BCUT2D eigenvalue weighted by Crippen LogP contribution is -2.23. The average Bonchev–Trinajstić information content (AvgIpc) is 2.85. The van der Waals surface area contributed by atoms with Crippen LogP contribution in [-0.4, -0.2) is 16.5 Å². The number of hydrogen-bond donors (Lipinski definition) is 2. The molecule has 0 radical (unpaired) electrons. The molecule has 1 aromatic carbocycles. The van der Waals surface area contributed by atoms with Gasteiger partial charge in [-0.15, -0.1) is 0 Å². The monoisotopic (exact) mass is 247 g/mol. The highest BCUT2D eigenvalue weighted by Gasteiger charge is 2.13. The molecule has 0 spiro atoms. The van der Waals surface area contributed by atoms with Gasteiger partial charge in [0.15, 0.2) is 0 Å². The van der Waals surface area contributed by atoms with E-state index in [2.05, 4.69) is 15.3 Å². The largest absolute Gasteiger partial charge is 0.349 e. The fraction of sp³-hybridized carbons (Fsp3) is 0.357. The molecule has 2 rings (SSSR count). The van der Waals surface area contributed by atoms with E-state index in [9.17, 15) is 4.39 Å². The van der Waals surface area contributed by atoms with Crippen LogP contribution in [0.5, 0.6) is 0 Å². The van der Waals surface area contributed by atoms with E-state index in [1.807, 2.05) is 19.1 Å². The summed E-state index contributed by atoms with van der Waals surface area (Å²) < 4.78 is 13.6. The molecule has 0 saturated heterocycles. The Morgan fingerprint density at radius 3 is 2.89 bits per heavy atom. The summed E-state index contributed by atoms with van der Waals surface area (Å²) in [5, 5.41) is 3.36. The number of aromatic nitrogens is 2. The van der Waals surface area contributed by atoms with Crippen LogP contribution in [0.3, 0.4) is 0 Å². The molecule has 0 bridgehead atoms. The molecule has 1 unspecified atom stereocenters. The molecule has 3 nitrogen and oxygen atoms in total. The van der Waals surface area contributed by atoms with Gasteiger partial charge in [-0.25, -0.2) is 9.37 Å². The summed E-state index contributed by atoms with van der Waals surface area (Å²) in [6.45, 7) is 4.65. The molecule has 0 amide bonds. The average molecular weight is 247 g/mol. The number of halogens is 1. The second-order valence-corrected chi connectivity index (χ2v) is 4.36. The Labute approximate surface area is 106 Å². The lowest BCUT2D eigenvalue weighted by Gasteiger charge is -2.17. The molecule has 0 aliphatic heterocycles. The Morgan fingerprint density at radius 1 is 1.44 bits per heavy atom. The Hall–Kier alpha value is -1.68. The van der Waals surface area contributed by atoms with Crippen molar-refractivity contribution in [2.45, 2.75) is 26.3 Å². The molecule has 1 heterocycles. The summed E-state index contributed by atoms with van der Waals surface area (Å²) in [6.07, 6.45) is 4.26. The third-order valence-corrected chi connectivity index (χ3v) is 3.00. The number of aryl methyl sites for hydroxylation is 1. The van der Waals surface area contributed by atoms with Gasteiger partial charge in [-0.2, -0.15) is 0 Å². The first kappa shape index (κ1) is 12.8. The van der Waals surface area contributed by atoms with E-state index in [0.717, 1.165) is 24.4 Å². The smallest absolute Gasteiger partial charge is 0.126 e. The van der Waals surface area contributed by atoms with Crippen LogP contribution in [0.2, 0.25) is 0 Å². The minimum Gasteiger partial charge on any atom is -0.349 e. The minimum atomic E-state index is -0.158. The molecule has 96 valence electrons. The van der Waals surface area contributed by atoms with Crippen LogP contribution in [0.15, 0.2) is 30.6 Å². The number of aromatic amines is 1. The highest BCUT2D eigenvalue weighted by atomic mass is 19.1. The predicted molar refractivity (Wildman–Crippen MR) is 69.8 cm³/mol. The van der Waals surface area contributed by atoms with Crippen LogP contribution >= 0.6 is 0 Å². The predicted octanol–water partition coefficient (Wildman–Crippen LogP) is 2.75. The van der Waals surface area contributed by atoms with Crippen LogP contribution in [0.4, 0.5) is 4.39 Å². The number of benzene rings is 1. The zero-order valence-electron chi connectivity index (χ0n) is 10.7. The van der Waals surface area contributed by atoms with Crippen molar-refractivity contribution in [1.29, 1.82) is 0 Å². The fourth-order valence-electron chi connectivity index (χ4n) is 1.98. The first-order chi connectivity index (χ1) is 8.70. The number of rotatable bonds is 5. The summed E-state index contributed by atoms with van der Waals surface area (Å²) >= 11 is 0. The molecule has 0 saturated carbocycles. The Kier molecular flexibility index (Phi) is 4.10. The first-order valence-electron chi connectivity index (χ1n) is 6.18. The van der Waals surface area contributed by atoms with Gasteiger partial charge in [-0.3, -0.25) is 0 Å². The van der Waals surface area contributed by atoms with E-state index < -0.39 is 0 Å². The van der Waals surface area contributed by atoms with Gasteiger partial charge in [0.1, 0.15) is 11.6 Å². The standard InChI is InChI=1S/C14H18FN3/c1-3-16-13(9-14-17-6-7-18-14)11-5-4-10(2)12(15)8-11/h4-8,13,16H,3,9H2,1-2H3,(H,17,18). The second-order valence-electron chi connectivity index (χ2n) is 4.36. The van der Waals surface area contributed by atoms with Crippen LogP contribution in [0.25, 0.3) is 0 Å². The van der Waals surface area contributed by atoms with Gasteiger partial charge < -0.3 is 10.3 Å². The normalized spacial score (nSPS) is 12.6. The molecule has 0 fully saturated rings. The maximum atomic E-state index is 13.6. The maximum absolute atomic E-state index is 13.6. The van der Waals surface area contributed by atoms with E-state index in [1.54, 1.807) is 25.4 Å². The van der Waals surface area contributed by atoms with Crippen molar-refractivity contribution < 1.29 is 4.39 Å². The van der Waals surface area contributed by atoms with Gasteiger partial charge in [0.05, 0.1) is 0 Å². The van der Waals surface area contributed by atoms with Gasteiger partial charge in [-0.05, 0) is 30.7 Å². The van der Waals surface area contributed by atoms with Gasteiger partial charge >= 0.3 is 0 Å². The second kappa shape index (κ2) is 5.78. The summed E-state index contributed by atoms with van der Waals surface area (Å²) in [4.78, 5) is 7.29. The molecule has 1 aromatic heterocycles. The van der Waals surface area contributed by atoms with Crippen molar-refractivity contribution in [1.82, 2.24) is 15.3 Å². The molecule has 2 N–H and O–H groups in total. The summed E-state index contributed by atoms with van der Waals surface area (Å²) in [5.74, 6) is 0.747. The van der Waals surface area contributed by atoms with E-state index in [1.165, 1.54) is 0 Å². The van der Waals surface area contributed by atoms with Gasteiger partial charge in [0.2, 0.25) is 0 Å². The molecule has 0 aliphatic rings. The number of nitrogens with one attached hydrogen (secondary N) is 2. The number of likely N-dealkylation sites (N-methyl/N-ethyl adjacent to an activating group) is 1. The van der Waals surface area contributed by atoms with E-state index in [4.69, 9.17) is 0 Å². The van der Waals surface area contributed by atoms with Crippen molar-refractivity contribution in [2.75, 3.05) is 6.54 Å². The fourth-order valence-corrected chi connectivity index (χ4v) is 1.98. The Balaban J connectivity index is 2.20. The Bertz CT molecular complexity index is 494. The third kappa shape index (κ3) is 2.96. The molecule has 0 aliphatic carbocycles. The highest BCUT2D eigenvalue weighted by molar-refractivity contribution is 5.26. The quantitative estimate of drug-likeness (QED) is 0.853. The summed E-state index contributed by atoms with van der Waals surface area (Å²) in [7, 11) is 0. The summed E-state index contributed by atoms with van der Waals surface area (Å²) in [5.41, 5.74) is 1.63. The third-order valence-electron chi connectivity index (χ3n) is 3.00. The zero-order chi connectivity index (χ0) is 13.0. The highest BCUT2D eigenvalue weighted by Crippen LogP contribution is 2.19. The topological polar surface area (TPSA) is 40.7 Å². The number of nitrogens with zero attached hydrogens (tertiary/aromatic N) is 1. The van der Waals surface area contributed by atoms with Crippen LogP contribution in [0, 0.1) is 12.7 Å². The van der Waals surface area contributed by atoms with Crippen molar-refractivity contribution in [3.05, 3.63) is 53.4 Å². The van der Waals surface area contributed by atoms with E-state index in [-0.39, 0.29) is 11.9 Å². The maximum Gasteiger partial charge on any atom is 0.126 e. The zero-order valence-corrected chi connectivity index (χ0v) is 10.7. The van der Waals surface area contributed by atoms with Gasteiger partial charge in [0, 0.05) is 24.9 Å². The molecule has 4 heteroatoms. The molecular formula is C14H18FN3. The van der Waals surface area contributed by atoms with Gasteiger partial charge in [0.25, 0.3) is 0 Å². The SMILES string of the molecule is CCNC(Cc1ncc[nH]1)c1ccc(C)c(F)c1.